The van der Waals surface area contributed by atoms with E-state index >= 15 is 0 Å². The fourth-order valence-electron chi connectivity index (χ4n) is 0.892. The number of H-pyrrole nitrogens is 2. The lowest BCUT2D eigenvalue weighted by atomic mass is 10.5. The summed E-state index contributed by atoms with van der Waals surface area (Å²) in [6.45, 7) is 0. The van der Waals surface area contributed by atoms with Crippen molar-refractivity contribution in [1.29, 1.82) is 0 Å². The minimum Gasteiger partial charge on any atom is -0.323 e. The molecule has 0 fully saturated rings. The number of nitrogens with one attached hydrogen (secondary N) is 3. The molecular weight excluding hydrogens is 146 g/mol. The van der Waals surface area contributed by atoms with Gasteiger partial charge in [0.05, 0.1) is 0 Å². The zero-order valence-corrected chi connectivity index (χ0v) is 5.50. The van der Waals surface area contributed by atoms with E-state index in [-0.39, 0.29) is 0 Å². The zero-order chi connectivity index (χ0) is 7.68. The van der Waals surface area contributed by atoms with E-state index in [4.69, 9.17) is 5.21 Å². The van der Waals surface area contributed by atoms with E-state index in [1.807, 2.05) is 5.48 Å². The van der Waals surface area contributed by atoms with Gasteiger partial charge in [0.15, 0.2) is 11.8 Å². The number of rotatable bonds is 1. The van der Waals surface area contributed by atoms with Crippen molar-refractivity contribution in [3.05, 3.63) is 12.7 Å². The quantitative estimate of drug-likeness (QED) is 0.484. The van der Waals surface area contributed by atoms with Gasteiger partial charge in [-0.15, -0.1) is 0 Å². The molecular formula is C5H6N5O+. The second-order valence-electron chi connectivity index (χ2n) is 1.99. The summed E-state index contributed by atoms with van der Waals surface area (Å²) in [7, 11) is 0. The third-order valence-corrected chi connectivity index (χ3v) is 1.38. The Morgan fingerprint density at radius 1 is 1.55 bits per heavy atom. The van der Waals surface area contributed by atoms with E-state index < -0.39 is 0 Å². The van der Waals surface area contributed by atoms with Gasteiger partial charge in [0, 0.05) is 0 Å². The van der Waals surface area contributed by atoms with Crippen LogP contribution in [0.3, 0.4) is 0 Å². The van der Waals surface area contributed by atoms with Crippen molar-refractivity contribution < 1.29 is 10.2 Å². The Morgan fingerprint density at radius 2 is 2.45 bits per heavy atom. The third kappa shape index (κ3) is 0.802. The molecule has 0 aromatic carbocycles. The fourth-order valence-corrected chi connectivity index (χ4v) is 0.892. The molecule has 0 saturated heterocycles. The van der Waals surface area contributed by atoms with Crippen molar-refractivity contribution >= 4 is 17.0 Å². The van der Waals surface area contributed by atoms with Crippen LogP contribution in [0.15, 0.2) is 12.7 Å². The summed E-state index contributed by atoms with van der Waals surface area (Å²) < 4.78 is 0. The number of nitrogens with zero attached hydrogens (tertiary/aromatic N) is 2. The lowest BCUT2D eigenvalue weighted by molar-refractivity contribution is -0.352. The Bertz CT molecular complexity index is 370. The largest absolute Gasteiger partial charge is 0.323 e. The highest BCUT2D eigenvalue weighted by Gasteiger charge is 2.09. The molecule has 6 nitrogen and oxygen atoms in total. The number of anilines is 1. The van der Waals surface area contributed by atoms with E-state index in [1.165, 1.54) is 12.7 Å². The molecule has 0 aliphatic rings. The van der Waals surface area contributed by atoms with Gasteiger partial charge in [0.25, 0.3) is 11.5 Å². The van der Waals surface area contributed by atoms with Crippen LogP contribution in [0.1, 0.15) is 0 Å². The normalized spacial score (nSPS) is 10.3. The highest BCUT2D eigenvalue weighted by Crippen LogP contribution is 2.10. The predicted octanol–water partition coefficient (Wildman–Crippen LogP) is -0.427. The summed E-state index contributed by atoms with van der Waals surface area (Å²) >= 11 is 0. The second kappa shape index (κ2) is 2.17. The number of hydrogen-bond donors (Lipinski definition) is 3. The van der Waals surface area contributed by atoms with Gasteiger partial charge < -0.3 is 4.98 Å². The lowest BCUT2D eigenvalue weighted by Gasteiger charge is -1.89. The summed E-state index contributed by atoms with van der Waals surface area (Å²) in [5.74, 6) is 0.358. The highest BCUT2D eigenvalue weighted by molar-refractivity contribution is 5.78. The van der Waals surface area contributed by atoms with Crippen molar-refractivity contribution in [3.8, 4) is 0 Å². The van der Waals surface area contributed by atoms with Crippen LogP contribution in [0.2, 0.25) is 0 Å². The summed E-state index contributed by atoms with van der Waals surface area (Å²) in [5, 5.41) is 8.58. The Kier molecular flexibility index (Phi) is 1.19. The van der Waals surface area contributed by atoms with Gasteiger partial charge in [-0.2, -0.15) is 0 Å². The molecule has 0 unspecified atom stereocenters. The van der Waals surface area contributed by atoms with E-state index in [0.29, 0.717) is 17.0 Å². The molecule has 0 aliphatic carbocycles. The maximum Gasteiger partial charge on any atom is 0.291 e. The minimum absolute atomic E-state index is 0.358. The molecule has 2 aromatic rings. The van der Waals surface area contributed by atoms with E-state index in [2.05, 4.69) is 19.9 Å². The van der Waals surface area contributed by atoms with E-state index in [9.17, 15) is 0 Å². The molecule has 0 spiro atoms. The first-order valence-corrected chi connectivity index (χ1v) is 3.01. The van der Waals surface area contributed by atoms with Crippen LogP contribution < -0.4 is 10.5 Å². The van der Waals surface area contributed by atoms with Crippen LogP contribution in [0.5, 0.6) is 0 Å². The molecule has 0 amide bonds. The van der Waals surface area contributed by atoms with Gasteiger partial charge in [0.2, 0.25) is 6.33 Å². The van der Waals surface area contributed by atoms with Crippen LogP contribution in [-0.2, 0) is 0 Å². The Balaban J connectivity index is 2.79. The standard InChI is InChI=1S/C5H5N5O/c11-10-5-3-4(7-1-6-3)8-2-9-5/h1-2,11H,(H2,6,7,8,9,10)/p+1. The number of hydrogen-bond acceptors (Lipinski definition) is 4. The first kappa shape index (κ1) is 6.05. The average Bonchev–Trinajstić information content (AvgIpc) is 2.50. The minimum atomic E-state index is 0.358. The molecule has 4 N–H and O–H groups in total. The third-order valence-electron chi connectivity index (χ3n) is 1.38. The fraction of sp³-hybridized carbons (Fsp3) is 0. The zero-order valence-electron chi connectivity index (χ0n) is 5.50. The molecule has 6 heteroatoms. The maximum absolute atomic E-state index is 8.58. The van der Waals surface area contributed by atoms with Crippen LogP contribution in [-0.4, -0.2) is 20.2 Å². The molecule has 0 saturated carbocycles. The number of aromatic amines is 2. The maximum atomic E-state index is 8.58. The van der Waals surface area contributed by atoms with E-state index in [1.54, 1.807) is 0 Å². The van der Waals surface area contributed by atoms with Crippen molar-refractivity contribution in [2.45, 2.75) is 0 Å². The Hall–Kier alpha value is -1.69. The van der Waals surface area contributed by atoms with Gasteiger partial charge in [-0.05, 0) is 0 Å². The molecule has 2 heterocycles. The van der Waals surface area contributed by atoms with Gasteiger partial charge in [-0.1, -0.05) is 9.97 Å². The average molecular weight is 152 g/mol. The highest BCUT2D eigenvalue weighted by atomic mass is 16.5. The Labute approximate surface area is 61.3 Å². The molecule has 2 aromatic heterocycles. The van der Waals surface area contributed by atoms with Gasteiger partial charge in [-0.25, -0.2) is 10.5 Å². The molecule has 56 valence electrons. The topological polar surface area (TPSA) is 88.0 Å². The van der Waals surface area contributed by atoms with Crippen LogP contribution in [0.25, 0.3) is 11.2 Å². The monoisotopic (exact) mass is 152 g/mol. The van der Waals surface area contributed by atoms with E-state index in [0.717, 1.165) is 0 Å². The smallest absolute Gasteiger partial charge is 0.291 e. The SMILES string of the molecule is ONc1nc[nH+]c2nc[nH]c12. The summed E-state index contributed by atoms with van der Waals surface area (Å²) in [6.07, 6.45) is 2.96. The summed E-state index contributed by atoms with van der Waals surface area (Å²) in [4.78, 5) is 13.3. The van der Waals surface area contributed by atoms with Gasteiger partial charge in [-0.3, -0.25) is 5.21 Å². The summed E-state index contributed by atoms with van der Waals surface area (Å²) in [5.41, 5.74) is 3.25. The first-order valence-electron chi connectivity index (χ1n) is 3.01. The molecule has 0 bridgehead atoms. The predicted molar refractivity (Wildman–Crippen MR) is 35.9 cm³/mol. The number of imidazole rings is 1. The lowest BCUT2D eigenvalue weighted by Crippen LogP contribution is -2.06. The summed E-state index contributed by atoms with van der Waals surface area (Å²) in [6, 6.07) is 0. The van der Waals surface area contributed by atoms with Crippen LogP contribution in [0, 0.1) is 0 Å². The number of aromatic nitrogens is 4. The second-order valence-corrected chi connectivity index (χ2v) is 1.99. The molecule has 11 heavy (non-hydrogen) atoms. The Morgan fingerprint density at radius 3 is 3.27 bits per heavy atom. The van der Waals surface area contributed by atoms with Crippen molar-refractivity contribution in [1.82, 2.24) is 15.0 Å². The molecule has 0 radical (unpaired) electrons. The number of fused-ring (bicyclic) bond motifs is 1. The van der Waals surface area contributed by atoms with Gasteiger partial charge >= 0.3 is 0 Å². The molecule has 0 aliphatic heterocycles. The van der Waals surface area contributed by atoms with Crippen LogP contribution >= 0.6 is 0 Å². The van der Waals surface area contributed by atoms with Gasteiger partial charge in [0.1, 0.15) is 0 Å². The molecule has 2 rings (SSSR count). The van der Waals surface area contributed by atoms with Crippen LogP contribution in [0.4, 0.5) is 5.82 Å². The molecule has 0 atom stereocenters. The first-order chi connectivity index (χ1) is 5.42. The van der Waals surface area contributed by atoms with Crippen molar-refractivity contribution in [2.24, 2.45) is 0 Å². The van der Waals surface area contributed by atoms with Crippen molar-refractivity contribution in [2.75, 3.05) is 5.48 Å². The van der Waals surface area contributed by atoms with Crippen molar-refractivity contribution in [3.63, 3.8) is 0 Å².